The Kier molecular flexibility index (Phi) is 1.79. The molecule has 4 nitrogen and oxygen atoms in total. The highest BCUT2D eigenvalue weighted by Crippen LogP contribution is 2.14. The Balaban J connectivity index is 4.47. The predicted octanol–water partition coefficient (Wildman–Crippen LogP) is 1.35. The first-order chi connectivity index (χ1) is 5.21. The maximum Gasteiger partial charge on any atom is 0.217 e. The number of hydrogen-bond donors (Lipinski definition) is 0. The lowest BCUT2D eigenvalue weighted by atomic mass is 10.0. The lowest BCUT2D eigenvalue weighted by Crippen LogP contribution is -2.30. The van der Waals surface area contributed by atoms with E-state index in [1.54, 1.807) is 0 Å². The molecule has 4 heteroatoms. The molecule has 0 saturated heterocycles. The lowest BCUT2D eigenvalue weighted by molar-refractivity contribution is -0.561. The predicted molar refractivity (Wildman–Crippen MR) is 35.9 cm³/mol. The van der Waals surface area contributed by atoms with Crippen molar-refractivity contribution in [1.29, 1.82) is 5.26 Å². The summed E-state index contributed by atoms with van der Waals surface area (Å²) in [5.74, 6) is 0. The molecule has 0 heterocycles. The SMILES string of the molecule is [2H]C([2H])(C#N)CC(C)(C)[N+](=O)[O-]. The molecule has 0 amide bonds. The van der Waals surface area contributed by atoms with E-state index in [-0.39, 0.29) is 0 Å². The maximum atomic E-state index is 10.3. The van der Waals surface area contributed by atoms with Crippen molar-refractivity contribution in [3.05, 3.63) is 10.1 Å². The molecule has 0 aliphatic heterocycles. The fourth-order valence-electron chi connectivity index (χ4n) is 0.320. The van der Waals surface area contributed by atoms with Gasteiger partial charge in [-0.3, -0.25) is 10.1 Å². The molecule has 0 radical (unpaired) electrons. The molecule has 0 N–H and O–H groups in total. The van der Waals surface area contributed by atoms with E-state index in [1.807, 2.05) is 0 Å². The Hall–Kier alpha value is -1.11. The standard InChI is InChI=1S/C6H10N2O2/c1-6(2,8(9)10)4-3-5-7/h3-4H2,1-2H3/i3D2. The smallest absolute Gasteiger partial charge is 0.217 e. The van der Waals surface area contributed by atoms with E-state index in [2.05, 4.69) is 0 Å². The third-order valence-corrected chi connectivity index (χ3v) is 1.09. The van der Waals surface area contributed by atoms with Gasteiger partial charge in [-0.1, -0.05) is 0 Å². The van der Waals surface area contributed by atoms with Crippen LogP contribution in [0.3, 0.4) is 0 Å². The van der Waals surface area contributed by atoms with Gasteiger partial charge in [0, 0.05) is 34.3 Å². The van der Waals surface area contributed by atoms with Gasteiger partial charge in [0.2, 0.25) is 5.54 Å². The molecular formula is C6H10N2O2. The number of nitrogens with zero attached hydrogens (tertiary/aromatic N) is 2. The summed E-state index contributed by atoms with van der Waals surface area (Å²) in [7, 11) is 0. The molecule has 0 aliphatic carbocycles. The van der Waals surface area contributed by atoms with Crippen molar-refractivity contribution in [3.63, 3.8) is 0 Å². The van der Waals surface area contributed by atoms with E-state index in [0.717, 1.165) is 0 Å². The number of hydrogen-bond acceptors (Lipinski definition) is 3. The Morgan fingerprint density at radius 2 is 2.40 bits per heavy atom. The van der Waals surface area contributed by atoms with Crippen LogP contribution in [0.25, 0.3) is 0 Å². The maximum absolute atomic E-state index is 10.3. The second-order valence-corrected chi connectivity index (χ2v) is 2.53. The zero-order valence-corrected chi connectivity index (χ0v) is 5.92. The average Bonchev–Trinajstić information content (AvgIpc) is 1.85. The Labute approximate surface area is 62.4 Å². The first-order valence-electron chi connectivity index (χ1n) is 3.77. The average molecular weight is 144 g/mol. The van der Waals surface area contributed by atoms with Gasteiger partial charge in [-0.25, -0.2) is 0 Å². The monoisotopic (exact) mass is 144 g/mol. The van der Waals surface area contributed by atoms with Crippen LogP contribution in [0.4, 0.5) is 0 Å². The first kappa shape index (κ1) is 5.66. The molecule has 0 aliphatic rings. The summed E-state index contributed by atoms with van der Waals surface area (Å²) in [5.41, 5.74) is -1.39. The van der Waals surface area contributed by atoms with Crippen molar-refractivity contribution in [1.82, 2.24) is 0 Å². The van der Waals surface area contributed by atoms with Gasteiger partial charge in [0.05, 0.1) is 6.07 Å². The van der Waals surface area contributed by atoms with E-state index in [0.29, 0.717) is 0 Å². The third kappa shape index (κ3) is 2.44. The van der Waals surface area contributed by atoms with Crippen LogP contribution in [0, 0.1) is 21.4 Å². The van der Waals surface area contributed by atoms with Crippen LogP contribution in [0.1, 0.15) is 29.4 Å². The molecule has 0 fully saturated rings. The van der Waals surface area contributed by atoms with Crippen molar-refractivity contribution in [3.8, 4) is 6.07 Å². The van der Waals surface area contributed by atoms with E-state index in [1.165, 1.54) is 19.9 Å². The zero-order chi connectivity index (χ0) is 9.99. The molecule has 0 atom stereocenters. The van der Waals surface area contributed by atoms with Gasteiger partial charge in [-0.15, -0.1) is 0 Å². The quantitative estimate of drug-likeness (QED) is 0.443. The van der Waals surface area contributed by atoms with Crippen molar-refractivity contribution in [2.45, 2.75) is 32.2 Å². The molecule has 0 saturated carbocycles. The molecule has 0 spiro atoms. The zero-order valence-electron chi connectivity index (χ0n) is 7.92. The van der Waals surface area contributed by atoms with Crippen LogP contribution < -0.4 is 0 Å². The molecule has 10 heavy (non-hydrogen) atoms. The van der Waals surface area contributed by atoms with Crippen LogP contribution in [0.15, 0.2) is 0 Å². The highest BCUT2D eigenvalue weighted by atomic mass is 16.6. The molecule has 0 rings (SSSR count). The molecule has 56 valence electrons. The third-order valence-electron chi connectivity index (χ3n) is 1.09. The van der Waals surface area contributed by atoms with Gasteiger partial charge in [0.1, 0.15) is 0 Å². The largest absolute Gasteiger partial charge is 0.264 e. The minimum absolute atomic E-state index is 0.399. The fraction of sp³-hybridized carbons (Fsp3) is 0.833. The van der Waals surface area contributed by atoms with Gasteiger partial charge in [-0.05, 0) is 0 Å². The number of rotatable bonds is 3. The van der Waals surface area contributed by atoms with Gasteiger partial charge in [0.15, 0.2) is 0 Å². The number of nitriles is 1. The summed E-state index contributed by atoms with van der Waals surface area (Å²) in [6.07, 6.45) is -2.53. The van der Waals surface area contributed by atoms with Crippen molar-refractivity contribution >= 4 is 0 Å². The minimum atomic E-state index is -2.13. The van der Waals surface area contributed by atoms with Crippen LogP contribution in [-0.2, 0) is 0 Å². The lowest BCUT2D eigenvalue weighted by Gasteiger charge is -2.12. The minimum Gasteiger partial charge on any atom is -0.264 e. The molecule has 0 aromatic carbocycles. The topological polar surface area (TPSA) is 66.9 Å². The van der Waals surface area contributed by atoms with Crippen LogP contribution in [0.2, 0.25) is 0 Å². The summed E-state index contributed by atoms with van der Waals surface area (Å²) in [4.78, 5) is 9.76. The van der Waals surface area contributed by atoms with Crippen LogP contribution >= 0.6 is 0 Å². The molecular weight excluding hydrogens is 132 g/mol. The van der Waals surface area contributed by atoms with Gasteiger partial charge >= 0.3 is 0 Å². The van der Waals surface area contributed by atoms with Crippen LogP contribution in [0.5, 0.6) is 0 Å². The molecule has 0 unspecified atom stereocenters. The Morgan fingerprint density at radius 3 is 2.70 bits per heavy atom. The van der Waals surface area contributed by atoms with Gasteiger partial charge in [0.25, 0.3) is 0 Å². The normalized spacial score (nSPS) is 14.9. The Morgan fingerprint density at radius 1 is 1.90 bits per heavy atom. The van der Waals surface area contributed by atoms with Crippen molar-refractivity contribution in [2.24, 2.45) is 0 Å². The Bertz CT molecular complexity index is 232. The summed E-state index contributed by atoms with van der Waals surface area (Å²) in [6, 6.07) is 1.38. The van der Waals surface area contributed by atoms with Crippen LogP contribution in [-0.4, -0.2) is 10.5 Å². The van der Waals surface area contributed by atoms with E-state index >= 15 is 0 Å². The molecule has 0 aromatic rings. The second-order valence-electron chi connectivity index (χ2n) is 2.53. The highest BCUT2D eigenvalue weighted by Gasteiger charge is 2.29. The summed E-state index contributed by atoms with van der Waals surface area (Å²) in [5, 5.41) is 18.6. The summed E-state index contributed by atoms with van der Waals surface area (Å²) in [6.45, 7) is 2.59. The van der Waals surface area contributed by atoms with Crippen molar-refractivity contribution < 1.29 is 7.66 Å². The highest BCUT2D eigenvalue weighted by molar-refractivity contribution is 4.76. The molecule has 0 bridgehead atoms. The fourth-order valence-corrected chi connectivity index (χ4v) is 0.320. The van der Waals surface area contributed by atoms with E-state index in [4.69, 9.17) is 8.00 Å². The van der Waals surface area contributed by atoms with Crippen molar-refractivity contribution in [2.75, 3.05) is 0 Å². The van der Waals surface area contributed by atoms with E-state index < -0.39 is 23.3 Å². The summed E-state index contributed by atoms with van der Waals surface area (Å²) < 4.78 is 14.0. The van der Waals surface area contributed by atoms with E-state index in [9.17, 15) is 10.1 Å². The number of nitro groups is 1. The molecule has 0 aromatic heterocycles. The second kappa shape index (κ2) is 3.16. The first-order valence-corrected chi connectivity index (χ1v) is 2.77. The van der Waals surface area contributed by atoms with Gasteiger partial charge in [-0.2, -0.15) is 5.26 Å². The van der Waals surface area contributed by atoms with Gasteiger partial charge < -0.3 is 0 Å². The summed E-state index contributed by atoms with van der Waals surface area (Å²) >= 11 is 0.